The molecule has 1 aromatic carbocycles. The zero-order valence-electron chi connectivity index (χ0n) is 10.8. The summed E-state index contributed by atoms with van der Waals surface area (Å²) >= 11 is 0. The number of hydrogen-bond donors (Lipinski definition) is 2. The minimum absolute atomic E-state index is 0.00106. The predicted molar refractivity (Wildman–Crippen MR) is 70.8 cm³/mol. The van der Waals surface area contributed by atoms with Gasteiger partial charge >= 0.3 is 5.97 Å². The van der Waals surface area contributed by atoms with Crippen LogP contribution in [0, 0.1) is 6.92 Å². The molecule has 0 aliphatic heterocycles. The lowest BCUT2D eigenvalue weighted by Crippen LogP contribution is -2.03. The van der Waals surface area contributed by atoms with E-state index in [9.17, 15) is 9.59 Å². The molecule has 0 aliphatic carbocycles. The summed E-state index contributed by atoms with van der Waals surface area (Å²) < 4.78 is 5.24. The highest BCUT2D eigenvalue weighted by Crippen LogP contribution is 2.30. The van der Waals surface area contributed by atoms with E-state index in [1.54, 1.807) is 13.3 Å². The van der Waals surface area contributed by atoms with Crippen LogP contribution in [0.1, 0.15) is 28.8 Å². The Balaban J connectivity index is 2.44. The number of benzene rings is 1. The van der Waals surface area contributed by atoms with Crippen LogP contribution in [-0.4, -0.2) is 29.0 Å². The molecule has 1 heterocycles. The van der Waals surface area contributed by atoms with Gasteiger partial charge in [0.2, 0.25) is 0 Å². The number of aryl methyl sites for hydroxylation is 1. The second-order valence-corrected chi connectivity index (χ2v) is 4.35. The lowest BCUT2D eigenvalue weighted by atomic mass is 10.0. The number of aliphatic carboxylic acids is 1. The van der Waals surface area contributed by atoms with E-state index in [4.69, 9.17) is 9.84 Å². The molecule has 5 heteroatoms. The molecule has 0 unspecified atom stereocenters. The first-order valence-corrected chi connectivity index (χ1v) is 5.94. The van der Waals surface area contributed by atoms with E-state index in [0.29, 0.717) is 11.3 Å². The van der Waals surface area contributed by atoms with Gasteiger partial charge in [-0.05, 0) is 18.6 Å². The van der Waals surface area contributed by atoms with Gasteiger partial charge in [0.25, 0.3) is 0 Å². The minimum atomic E-state index is -0.970. The number of carboxylic acid groups (broad SMARTS) is 1. The van der Waals surface area contributed by atoms with Crippen LogP contribution in [0.2, 0.25) is 0 Å². The van der Waals surface area contributed by atoms with Crippen molar-refractivity contribution in [1.29, 1.82) is 0 Å². The molecule has 1 aromatic heterocycles. The number of ether oxygens (including phenoxy) is 1. The number of H-pyrrole nitrogens is 1. The monoisotopic (exact) mass is 261 g/mol. The van der Waals surface area contributed by atoms with Crippen LogP contribution >= 0.6 is 0 Å². The zero-order valence-corrected chi connectivity index (χ0v) is 10.8. The SMILES string of the molecule is COc1ccc(C)c2c(C(=O)CCC(=O)O)c[nH]c12. The second kappa shape index (κ2) is 5.14. The average Bonchev–Trinajstić information content (AvgIpc) is 2.82. The van der Waals surface area contributed by atoms with Crippen molar-refractivity contribution in [1.82, 2.24) is 4.98 Å². The van der Waals surface area contributed by atoms with Crippen molar-refractivity contribution in [2.24, 2.45) is 0 Å². The average molecular weight is 261 g/mol. The number of aromatic amines is 1. The van der Waals surface area contributed by atoms with Gasteiger partial charge in [-0.15, -0.1) is 0 Å². The number of carbonyl (C=O) groups is 2. The summed E-state index contributed by atoms with van der Waals surface area (Å²) in [6.07, 6.45) is 1.46. The Bertz CT molecular complexity index is 642. The van der Waals surface area contributed by atoms with Crippen LogP contribution in [0.4, 0.5) is 0 Å². The van der Waals surface area contributed by atoms with Gasteiger partial charge in [0.05, 0.1) is 19.0 Å². The maximum atomic E-state index is 12.1. The molecule has 0 spiro atoms. The van der Waals surface area contributed by atoms with Crippen LogP contribution in [0.15, 0.2) is 18.3 Å². The molecule has 0 atom stereocenters. The first-order valence-electron chi connectivity index (χ1n) is 5.94. The molecule has 0 saturated heterocycles. The van der Waals surface area contributed by atoms with Gasteiger partial charge in [0.1, 0.15) is 5.75 Å². The molecule has 0 fully saturated rings. The highest BCUT2D eigenvalue weighted by Gasteiger charge is 2.17. The fraction of sp³-hybridized carbons (Fsp3) is 0.286. The van der Waals surface area contributed by atoms with Gasteiger partial charge in [-0.2, -0.15) is 0 Å². The predicted octanol–water partition coefficient (Wildman–Crippen LogP) is 2.53. The van der Waals surface area contributed by atoms with E-state index in [-0.39, 0.29) is 18.6 Å². The molecule has 100 valence electrons. The number of hydrogen-bond acceptors (Lipinski definition) is 3. The fourth-order valence-corrected chi connectivity index (χ4v) is 2.14. The molecule has 5 nitrogen and oxygen atoms in total. The molecule has 0 radical (unpaired) electrons. The van der Waals surface area contributed by atoms with Crippen LogP contribution < -0.4 is 4.74 Å². The van der Waals surface area contributed by atoms with Crippen molar-refractivity contribution < 1.29 is 19.4 Å². The van der Waals surface area contributed by atoms with Gasteiger partial charge in [-0.1, -0.05) is 6.07 Å². The molecule has 0 aliphatic rings. The number of nitrogens with one attached hydrogen (secondary N) is 1. The Labute approximate surface area is 110 Å². The van der Waals surface area contributed by atoms with Crippen LogP contribution in [0.25, 0.3) is 10.9 Å². The van der Waals surface area contributed by atoms with Gasteiger partial charge in [0, 0.05) is 23.6 Å². The van der Waals surface area contributed by atoms with E-state index in [2.05, 4.69) is 4.98 Å². The van der Waals surface area contributed by atoms with Gasteiger partial charge in [-0.25, -0.2) is 0 Å². The van der Waals surface area contributed by atoms with Crippen molar-refractivity contribution in [2.45, 2.75) is 19.8 Å². The maximum absolute atomic E-state index is 12.1. The maximum Gasteiger partial charge on any atom is 0.303 e. The number of carbonyl (C=O) groups excluding carboxylic acids is 1. The third kappa shape index (κ3) is 2.45. The van der Waals surface area contributed by atoms with E-state index in [1.165, 1.54) is 0 Å². The van der Waals surface area contributed by atoms with Gasteiger partial charge in [0.15, 0.2) is 5.78 Å². The van der Waals surface area contributed by atoms with E-state index in [0.717, 1.165) is 16.5 Å². The molecular weight excluding hydrogens is 246 g/mol. The normalized spacial score (nSPS) is 10.6. The Morgan fingerprint density at radius 3 is 2.68 bits per heavy atom. The van der Waals surface area contributed by atoms with Crippen molar-refractivity contribution in [3.8, 4) is 5.75 Å². The molecule has 19 heavy (non-hydrogen) atoms. The van der Waals surface area contributed by atoms with Crippen LogP contribution in [0.5, 0.6) is 5.75 Å². The summed E-state index contributed by atoms with van der Waals surface area (Å²) in [6, 6.07) is 3.71. The Morgan fingerprint density at radius 2 is 2.05 bits per heavy atom. The molecule has 2 rings (SSSR count). The number of fused-ring (bicyclic) bond motifs is 1. The quantitative estimate of drug-likeness (QED) is 0.810. The van der Waals surface area contributed by atoms with Crippen molar-refractivity contribution in [3.05, 3.63) is 29.5 Å². The largest absolute Gasteiger partial charge is 0.495 e. The molecule has 0 saturated carbocycles. The first-order chi connectivity index (χ1) is 9.04. The first kappa shape index (κ1) is 13.1. The number of ketones is 1. The summed E-state index contributed by atoms with van der Waals surface area (Å²) in [4.78, 5) is 25.6. The van der Waals surface area contributed by atoms with E-state index in [1.807, 2.05) is 19.1 Å². The summed E-state index contributed by atoms with van der Waals surface area (Å²) in [6.45, 7) is 1.91. The summed E-state index contributed by atoms with van der Waals surface area (Å²) in [5.41, 5.74) is 2.24. The molecular formula is C14H15NO4. The Kier molecular flexibility index (Phi) is 3.55. The van der Waals surface area contributed by atoms with Crippen LogP contribution in [-0.2, 0) is 4.79 Å². The minimum Gasteiger partial charge on any atom is -0.495 e. The number of carboxylic acids is 1. The highest BCUT2D eigenvalue weighted by atomic mass is 16.5. The topological polar surface area (TPSA) is 79.4 Å². The smallest absolute Gasteiger partial charge is 0.303 e. The van der Waals surface area contributed by atoms with Crippen molar-refractivity contribution in [3.63, 3.8) is 0 Å². The number of Topliss-reactive ketones (excluding diaryl/α,β-unsaturated/α-hetero) is 1. The van der Waals surface area contributed by atoms with E-state index >= 15 is 0 Å². The third-order valence-electron chi connectivity index (χ3n) is 3.09. The van der Waals surface area contributed by atoms with Gasteiger partial charge < -0.3 is 14.8 Å². The van der Waals surface area contributed by atoms with Crippen LogP contribution in [0.3, 0.4) is 0 Å². The van der Waals surface area contributed by atoms with Crippen molar-refractivity contribution in [2.75, 3.05) is 7.11 Å². The molecule has 2 N–H and O–H groups in total. The Hall–Kier alpha value is -2.30. The molecule has 0 amide bonds. The second-order valence-electron chi connectivity index (χ2n) is 4.35. The number of methoxy groups -OCH3 is 1. The molecule has 2 aromatic rings. The standard InChI is InChI=1S/C14H15NO4/c1-8-3-5-11(19-2)14-13(8)9(7-15-14)10(16)4-6-12(17)18/h3,5,7,15H,4,6H2,1-2H3,(H,17,18). The van der Waals surface area contributed by atoms with Gasteiger partial charge in [-0.3, -0.25) is 9.59 Å². The van der Waals surface area contributed by atoms with Crippen molar-refractivity contribution >= 4 is 22.7 Å². The molecule has 0 bridgehead atoms. The summed E-state index contributed by atoms with van der Waals surface area (Å²) in [5.74, 6) is -0.481. The number of rotatable bonds is 5. The fourth-order valence-electron chi connectivity index (χ4n) is 2.14. The van der Waals surface area contributed by atoms with E-state index < -0.39 is 5.97 Å². The lowest BCUT2D eigenvalue weighted by molar-refractivity contribution is -0.136. The summed E-state index contributed by atoms with van der Waals surface area (Å²) in [5, 5.41) is 9.43. The third-order valence-corrected chi connectivity index (χ3v) is 3.09. The Morgan fingerprint density at radius 1 is 1.32 bits per heavy atom. The lowest BCUT2D eigenvalue weighted by Gasteiger charge is -2.05. The number of aromatic nitrogens is 1. The summed E-state index contributed by atoms with van der Waals surface area (Å²) in [7, 11) is 1.57. The highest BCUT2D eigenvalue weighted by molar-refractivity contribution is 6.10. The zero-order chi connectivity index (χ0) is 14.0.